The van der Waals surface area contributed by atoms with Gasteiger partial charge in [0.25, 0.3) is 11.8 Å². The van der Waals surface area contributed by atoms with Crippen molar-refractivity contribution < 1.29 is 34.4 Å². The maximum atomic E-state index is 12.1. The molecule has 34 heavy (non-hydrogen) atoms. The number of anilines is 1. The van der Waals surface area contributed by atoms with Crippen LogP contribution in [-0.2, 0) is 19.1 Å². The molecule has 1 aromatic rings. The number of benzene rings is 1. The number of ether oxygens (including phenoxy) is 2. The van der Waals surface area contributed by atoms with Crippen molar-refractivity contribution in [1.82, 2.24) is 5.43 Å². The van der Waals surface area contributed by atoms with Gasteiger partial charge < -0.3 is 24.8 Å². The Hall–Kier alpha value is -2.04. The lowest BCUT2D eigenvalue weighted by atomic mass is 10.0. The molecule has 1 aliphatic rings. The molecule has 198 valence electrons. The minimum atomic E-state index is -0.518. The molecule has 1 aromatic carbocycles. The lowest BCUT2D eigenvalue weighted by Crippen LogP contribution is -2.35. The van der Waals surface area contributed by atoms with E-state index in [2.05, 4.69) is 12.3 Å². The minimum absolute atomic E-state index is 0.125. The molecule has 2 rings (SSSR count). The topological polar surface area (TPSA) is 129 Å². The first-order valence-electron chi connectivity index (χ1n) is 12.2. The number of hydrogen-bond donors (Lipinski definition) is 4. The zero-order valence-electron chi connectivity index (χ0n) is 21.4. The number of para-hydroxylation sites is 1. The summed E-state index contributed by atoms with van der Waals surface area (Å²) >= 11 is 0. The molecular formula is C25H46N2O7. The van der Waals surface area contributed by atoms with Crippen LogP contribution in [0.3, 0.4) is 0 Å². The lowest BCUT2D eigenvalue weighted by Gasteiger charge is -2.14. The number of aliphatic hydroxyl groups excluding tert-OH is 3. The van der Waals surface area contributed by atoms with E-state index in [9.17, 15) is 9.59 Å². The van der Waals surface area contributed by atoms with Gasteiger partial charge in [0.15, 0.2) is 0 Å². The number of nitrogens with one attached hydrogen (secondary N) is 1. The van der Waals surface area contributed by atoms with Crippen LogP contribution in [0.2, 0.25) is 0 Å². The third-order valence-corrected chi connectivity index (χ3v) is 4.30. The smallest absolute Gasteiger partial charge is 0.258 e. The average Bonchev–Trinajstić information content (AvgIpc) is 3.15. The van der Waals surface area contributed by atoms with Gasteiger partial charge in [-0.05, 0) is 38.8 Å². The predicted octanol–water partition coefficient (Wildman–Crippen LogP) is 2.68. The van der Waals surface area contributed by atoms with Crippen molar-refractivity contribution in [3.63, 3.8) is 0 Å². The SMILES string of the molecule is CCCCC1C(=O)NN(c2ccccc2)C1=O.CCCCOCCO.CCOCC.OCCO. The fourth-order valence-corrected chi connectivity index (χ4v) is 2.56. The molecule has 0 radical (unpaired) electrons. The van der Waals surface area contributed by atoms with E-state index in [1.807, 2.05) is 39.0 Å². The Kier molecular flexibility index (Phi) is 25.7. The third kappa shape index (κ3) is 17.4. The molecule has 9 nitrogen and oxygen atoms in total. The standard InChI is InChI=1S/C13H16N2O2.C6H14O2.C4H10O.C2H6O2/c1-2-3-9-11-12(16)14-15(13(11)17)10-7-5-4-6-8-10;1-2-3-5-8-6-4-7;1-3-5-4-2;3-1-2-4/h4-8,11H,2-3,9H2,1H3,(H,14,16);7H,2-6H2,1H3;3-4H2,1-2H3;3-4H,1-2H2. The van der Waals surface area contributed by atoms with Crippen LogP contribution in [0.1, 0.15) is 59.8 Å². The summed E-state index contributed by atoms with van der Waals surface area (Å²) in [6.07, 6.45) is 4.77. The van der Waals surface area contributed by atoms with Gasteiger partial charge in [0.2, 0.25) is 0 Å². The minimum Gasteiger partial charge on any atom is -0.394 e. The second kappa shape index (κ2) is 25.6. The Morgan fingerprint density at radius 2 is 1.41 bits per heavy atom. The van der Waals surface area contributed by atoms with Gasteiger partial charge in [0.05, 0.1) is 32.1 Å². The van der Waals surface area contributed by atoms with Crippen molar-refractivity contribution in [2.24, 2.45) is 5.92 Å². The zero-order chi connectivity index (χ0) is 26.0. The number of hydrazine groups is 1. The number of hydrogen-bond acceptors (Lipinski definition) is 7. The average molecular weight is 487 g/mol. The van der Waals surface area contributed by atoms with E-state index in [4.69, 9.17) is 24.8 Å². The maximum Gasteiger partial charge on any atom is 0.258 e. The molecule has 0 spiro atoms. The molecule has 9 heteroatoms. The number of nitrogens with zero attached hydrogens (tertiary/aromatic N) is 1. The summed E-state index contributed by atoms with van der Waals surface area (Å²) in [4.78, 5) is 23.8. The normalized spacial score (nSPS) is 14.2. The molecule has 0 bridgehead atoms. The van der Waals surface area contributed by atoms with E-state index >= 15 is 0 Å². The number of amides is 2. The summed E-state index contributed by atoms with van der Waals surface area (Å²) in [5, 5.41) is 24.8. The third-order valence-electron chi connectivity index (χ3n) is 4.30. The molecule has 4 N–H and O–H groups in total. The quantitative estimate of drug-likeness (QED) is 0.264. The van der Waals surface area contributed by atoms with Crippen molar-refractivity contribution in [3.8, 4) is 0 Å². The Labute approximate surface area is 205 Å². The molecule has 2 amide bonds. The first-order valence-corrected chi connectivity index (χ1v) is 12.2. The van der Waals surface area contributed by atoms with Crippen molar-refractivity contribution in [3.05, 3.63) is 30.3 Å². The fraction of sp³-hybridized carbons (Fsp3) is 0.680. The second-order valence-corrected chi connectivity index (χ2v) is 7.10. The Morgan fingerprint density at radius 3 is 1.85 bits per heavy atom. The van der Waals surface area contributed by atoms with Crippen molar-refractivity contribution in [1.29, 1.82) is 0 Å². The van der Waals surface area contributed by atoms with Crippen LogP contribution in [0.25, 0.3) is 0 Å². The van der Waals surface area contributed by atoms with Gasteiger partial charge in [-0.25, -0.2) is 5.01 Å². The van der Waals surface area contributed by atoms with Crippen molar-refractivity contribution in [2.45, 2.75) is 59.8 Å². The monoisotopic (exact) mass is 486 g/mol. The summed E-state index contributed by atoms with van der Waals surface area (Å²) < 4.78 is 9.81. The molecule has 0 aromatic heterocycles. The van der Waals surface area contributed by atoms with E-state index in [1.54, 1.807) is 12.1 Å². The highest BCUT2D eigenvalue weighted by Crippen LogP contribution is 2.22. The Bertz CT molecular complexity index is 578. The number of unbranched alkanes of at least 4 members (excludes halogenated alkanes) is 2. The molecule has 0 saturated carbocycles. The van der Waals surface area contributed by atoms with E-state index in [0.29, 0.717) is 18.7 Å². The summed E-state index contributed by atoms with van der Waals surface area (Å²) in [6.45, 7) is 11.0. The Balaban J connectivity index is 0. The van der Waals surface area contributed by atoms with Gasteiger partial charge in [0.1, 0.15) is 5.92 Å². The summed E-state index contributed by atoms with van der Waals surface area (Å²) in [5.74, 6) is -0.850. The Morgan fingerprint density at radius 1 is 0.824 bits per heavy atom. The first-order chi connectivity index (χ1) is 16.5. The van der Waals surface area contributed by atoms with Gasteiger partial charge >= 0.3 is 0 Å². The lowest BCUT2D eigenvalue weighted by molar-refractivity contribution is -0.127. The first kappa shape index (κ1) is 34.1. The number of aliphatic hydroxyl groups is 3. The van der Waals surface area contributed by atoms with Crippen LogP contribution in [0.5, 0.6) is 0 Å². The fourth-order valence-electron chi connectivity index (χ4n) is 2.56. The summed E-state index contributed by atoms with van der Waals surface area (Å²) in [5.41, 5.74) is 3.34. The van der Waals surface area contributed by atoms with Crippen LogP contribution in [0, 0.1) is 5.92 Å². The van der Waals surface area contributed by atoms with Crippen molar-refractivity contribution >= 4 is 17.5 Å². The van der Waals surface area contributed by atoms with Gasteiger partial charge in [-0.15, -0.1) is 0 Å². The molecule has 0 aliphatic carbocycles. The summed E-state index contributed by atoms with van der Waals surface area (Å²) in [6, 6.07) is 9.17. The number of carbonyl (C=O) groups is 2. The van der Waals surface area contributed by atoms with Crippen LogP contribution in [0.4, 0.5) is 5.69 Å². The molecule has 1 saturated heterocycles. The van der Waals surface area contributed by atoms with E-state index < -0.39 is 5.92 Å². The zero-order valence-corrected chi connectivity index (χ0v) is 21.4. The molecule has 1 heterocycles. The van der Waals surface area contributed by atoms with Crippen LogP contribution in [0.15, 0.2) is 30.3 Å². The number of carbonyl (C=O) groups excluding carboxylic acids is 2. The molecular weight excluding hydrogens is 440 g/mol. The second-order valence-electron chi connectivity index (χ2n) is 7.10. The largest absolute Gasteiger partial charge is 0.394 e. The van der Waals surface area contributed by atoms with Gasteiger partial charge in [-0.3, -0.25) is 15.0 Å². The molecule has 1 fully saturated rings. The maximum absolute atomic E-state index is 12.1. The molecule has 1 aliphatic heterocycles. The van der Waals surface area contributed by atoms with E-state index in [-0.39, 0.29) is 31.6 Å². The van der Waals surface area contributed by atoms with Crippen molar-refractivity contribution in [2.75, 3.05) is 51.3 Å². The molecule has 1 unspecified atom stereocenters. The van der Waals surface area contributed by atoms with Crippen LogP contribution in [-0.4, -0.2) is 73.4 Å². The van der Waals surface area contributed by atoms with Crippen LogP contribution < -0.4 is 10.4 Å². The van der Waals surface area contributed by atoms with Gasteiger partial charge in [-0.2, -0.15) is 0 Å². The predicted molar refractivity (Wildman–Crippen MR) is 134 cm³/mol. The van der Waals surface area contributed by atoms with E-state index in [1.165, 1.54) is 5.01 Å². The van der Waals surface area contributed by atoms with Gasteiger partial charge in [-0.1, -0.05) is 51.3 Å². The van der Waals surface area contributed by atoms with Crippen LogP contribution >= 0.6 is 0 Å². The molecule has 1 atom stereocenters. The summed E-state index contributed by atoms with van der Waals surface area (Å²) in [7, 11) is 0. The van der Waals surface area contributed by atoms with Gasteiger partial charge in [0, 0.05) is 19.8 Å². The van der Waals surface area contributed by atoms with E-state index in [0.717, 1.165) is 45.5 Å². The highest BCUT2D eigenvalue weighted by Gasteiger charge is 2.39. The number of rotatable bonds is 12. The highest BCUT2D eigenvalue weighted by atomic mass is 16.5. The highest BCUT2D eigenvalue weighted by molar-refractivity contribution is 6.14.